The number of aliphatic hydroxyl groups is 1. The Morgan fingerprint density at radius 1 is 0.806 bits per heavy atom. The van der Waals surface area contributed by atoms with Crippen LogP contribution in [0.4, 0.5) is 5.69 Å². The average molecular weight is 485 g/mol. The van der Waals surface area contributed by atoms with Gasteiger partial charge in [-0.2, -0.15) is 0 Å². The number of aromatic nitrogens is 1. The van der Waals surface area contributed by atoms with Gasteiger partial charge in [-0.05, 0) is 24.0 Å². The maximum Gasteiger partial charge on any atom is 0.197 e. The molecule has 0 fully saturated rings. The number of aromatic hydroxyl groups is 2. The first-order chi connectivity index (χ1) is 17.2. The van der Waals surface area contributed by atoms with E-state index in [2.05, 4.69) is 32.6 Å². The molecule has 0 saturated carbocycles. The van der Waals surface area contributed by atoms with Crippen molar-refractivity contribution in [3.63, 3.8) is 0 Å². The van der Waals surface area contributed by atoms with E-state index in [0.29, 0.717) is 17.5 Å². The van der Waals surface area contributed by atoms with E-state index in [0.717, 1.165) is 34.9 Å². The Morgan fingerprint density at radius 3 is 1.72 bits per heavy atom. The number of para-hydroxylation sites is 2. The van der Waals surface area contributed by atoms with Crippen molar-refractivity contribution in [1.29, 1.82) is 0 Å². The normalized spacial score (nSPS) is 15.9. The van der Waals surface area contributed by atoms with E-state index in [9.17, 15) is 20.1 Å². The zero-order valence-electron chi connectivity index (χ0n) is 21.1. The van der Waals surface area contributed by atoms with Gasteiger partial charge in [0.25, 0.3) is 0 Å². The number of hydrogen-bond acceptors (Lipinski definition) is 5. The zero-order valence-corrected chi connectivity index (χ0v) is 21.1. The van der Waals surface area contributed by atoms with Crippen LogP contribution in [0.3, 0.4) is 0 Å². The lowest BCUT2D eigenvalue weighted by molar-refractivity contribution is -0.118. The van der Waals surface area contributed by atoms with Crippen molar-refractivity contribution in [2.24, 2.45) is 11.8 Å². The second kappa shape index (κ2) is 8.94. The van der Waals surface area contributed by atoms with E-state index in [-0.39, 0.29) is 34.2 Å². The van der Waals surface area contributed by atoms with Crippen LogP contribution in [0.1, 0.15) is 39.3 Å². The molecule has 3 aromatic carbocycles. The summed E-state index contributed by atoms with van der Waals surface area (Å²) in [5.74, 6) is -0.180. The lowest BCUT2D eigenvalue weighted by Crippen LogP contribution is -2.33. The monoisotopic (exact) mass is 484 g/mol. The molecule has 0 aliphatic heterocycles. The number of fused-ring (bicyclic) bond motifs is 3. The topological polar surface area (TPSA) is 85.9 Å². The maximum atomic E-state index is 13.5. The number of phenols is 2. The van der Waals surface area contributed by atoms with E-state index in [1.807, 2.05) is 53.1 Å². The van der Waals surface area contributed by atoms with Crippen LogP contribution < -0.4 is 4.90 Å². The summed E-state index contributed by atoms with van der Waals surface area (Å²) >= 11 is 0. The number of carbonyl (C=O) groups is 1. The molecule has 1 aromatic heterocycles. The molecule has 4 aromatic rings. The Morgan fingerprint density at radius 2 is 1.28 bits per heavy atom. The summed E-state index contributed by atoms with van der Waals surface area (Å²) in [7, 11) is 0. The molecule has 1 aliphatic carbocycles. The Bertz CT molecular complexity index is 1430. The fourth-order valence-corrected chi connectivity index (χ4v) is 5.37. The number of benzene rings is 3. The van der Waals surface area contributed by atoms with Crippen molar-refractivity contribution in [1.82, 2.24) is 4.57 Å². The van der Waals surface area contributed by atoms with Crippen LogP contribution in [-0.2, 0) is 4.79 Å². The zero-order chi connectivity index (χ0) is 25.7. The summed E-state index contributed by atoms with van der Waals surface area (Å²) in [6.07, 6.45) is 0. The van der Waals surface area contributed by atoms with Crippen molar-refractivity contribution < 1.29 is 20.1 Å². The van der Waals surface area contributed by atoms with Gasteiger partial charge < -0.3 is 24.8 Å². The second-order valence-corrected chi connectivity index (χ2v) is 10.5. The standard InChI is InChI=1S/C30H32N2O4/c1-17(2)15-31(16-18(3)4)19-13-24(33)26(25(34)14-19)27-29(35)28(30(27)36)32-22-11-7-5-9-20(22)21-10-6-8-12-23(21)32/h5-14,17-18,28,33-35H,15-16H2,1-4H3. The van der Waals surface area contributed by atoms with E-state index in [1.54, 1.807) is 12.1 Å². The number of phenolic OH excluding ortho intramolecular Hbond substituents is 2. The van der Waals surface area contributed by atoms with Gasteiger partial charge in [-0.15, -0.1) is 0 Å². The number of hydrogen-bond donors (Lipinski definition) is 3. The third-order valence-corrected chi connectivity index (χ3v) is 6.75. The fourth-order valence-electron chi connectivity index (χ4n) is 5.37. The molecule has 1 heterocycles. The number of ketones is 1. The van der Waals surface area contributed by atoms with Crippen LogP contribution >= 0.6 is 0 Å². The molecular weight excluding hydrogens is 452 g/mol. The SMILES string of the molecule is CC(C)CN(CC(C)C)c1cc(O)c(C2=C(O)C(n3c4ccccc4c4ccccc43)C2=O)c(O)c1. The largest absolute Gasteiger partial charge is 0.509 e. The first-order valence-corrected chi connectivity index (χ1v) is 12.4. The van der Waals surface area contributed by atoms with Crippen molar-refractivity contribution in [3.8, 4) is 11.5 Å². The molecular formula is C30H32N2O4. The molecule has 5 rings (SSSR count). The molecule has 0 bridgehead atoms. The van der Waals surface area contributed by atoms with Crippen LogP contribution in [-0.4, -0.2) is 38.8 Å². The van der Waals surface area contributed by atoms with Crippen LogP contribution in [0.5, 0.6) is 11.5 Å². The molecule has 0 radical (unpaired) electrons. The lowest BCUT2D eigenvalue weighted by Gasteiger charge is -2.32. The molecule has 6 heteroatoms. The number of allylic oxidation sites excluding steroid dienone is 2. The highest BCUT2D eigenvalue weighted by molar-refractivity contribution is 6.32. The van der Waals surface area contributed by atoms with Gasteiger partial charge in [0.1, 0.15) is 17.3 Å². The first-order valence-electron chi connectivity index (χ1n) is 12.4. The number of carbonyl (C=O) groups excluding carboxylic acids is 1. The molecule has 1 aliphatic rings. The number of Topliss-reactive ketones (excluding diaryl/α,β-unsaturated/α-hetero) is 1. The number of nitrogens with zero attached hydrogens (tertiary/aromatic N) is 2. The van der Waals surface area contributed by atoms with Crippen molar-refractivity contribution in [3.05, 3.63) is 72.0 Å². The number of rotatable bonds is 7. The molecule has 1 atom stereocenters. The van der Waals surface area contributed by atoms with Gasteiger partial charge in [0.05, 0.1) is 22.2 Å². The van der Waals surface area contributed by atoms with Gasteiger partial charge in [0, 0.05) is 41.7 Å². The van der Waals surface area contributed by atoms with Crippen LogP contribution in [0.2, 0.25) is 0 Å². The highest BCUT2D eigenvalue weighted by Gasteiger charge is 2.45. The molecule has 1 unspecified atom stereocenters. The second-order valence-electron chi connectivity index (χ2n) is 10.5. The predicted molar refractivity (Wildman–Crippen MR) is 145 cm³/mol. The number of anilines is 1. The van der Waals surface area contributed by atoms with E-state index < -0.39 is 6.04 Å². The first kappa shape index (κ1) is 23.8. The van der Waals surface area contributed by atoms with Crippen molar-refractivity contribution in [2.45, 2.75) is 33.7 Å². The Kier molecular flexibility index (Phi) is 5.91. The van der Waals surface area contributed by atoms with E-state index >= 15 is 0 Å². The predicted octanol–water partition coefficient (Wildman–Crippen LogP) is 6.42. The van der Waals surface area contributed by atoms with Gasteiger partial charge in [-0.3, -0.25) is 4.79 Å². The summed E-state index contributed by atoms with van der Waals surface area (Å²) in [6.45, 7) is 9.99. The van der Waals surface area contributed by atoms with Gasteiger partial charge in [0.15, 0.2) is 11.8 Å². The lowest BCUT2D eigenvalue weighted by atomic mass is 9.82. The minimum atomic E-state index is -0.915. The molecule has 186 valence electrons. The highest BCUT2D eigenvalue weighted by atomic mass is 16.3. The van der Waals surface area contributed by atoms with Gasteiger partial charge in [0.2, 0.25) is 0 Å². The van der Waals surface area contributed by atoms with Gasteiger partial charge >= 0.3 is 0 Å². The van der Waals surface area contributed by atoms with Crippen LogP contribution in [0, 0.1) is 11.8 Å². The third kappa shape index (κ3) is 3.77. The fraction of sp³-hybridized carbons (Fsp3) is 0.300. The summed E-state index contributed by atoms with van der Waals surface area (Å²) in [5.41, 5.74) is 2.30. The molecule has 36 heavy (non-hydrogen) atoms. The Labute approximate surface area is 210 Å². The van der Waals surface area contributed by atoms with E-state index in [1.165, 1.54) is 0 Å². The molecule has 0 amide bonds. The van der Waals surface area contributed by atoms with E-state index in [4.69, 9.17) is 0 Å². The summed E-state index contributed by atoms with van der Waals surface area (Å²) in [4.78, 5) is 15.6. The Hall–Kier alpha value is -3.93. The minimum absolute atomic E-state index is 0.0210. The van der Waals surface area contributed by atoms with Crippen LogP contribution in [0.15, 0.2) is 66.4 Å². The van der Waals surface area contributed by atoms with Crippen molar-refractivity contribution >= 4 is 38.8 Å². The van der Waals surface area contributed by atoms with Crippen LogP contribution in [0.25, 0.3) is 27.4 Å². The molecule has 0 spiro atoms. The minimum Gasteiger partial charge on any atom is -0.509 e. The number of aliphatic hydroxyl groups excluding tert-OH is 1. The summed E-state index contributed by atoms with van der Waals surface area (Å²) in [5, 5.41) is 35.0. The summed E-state index contributed by atoms with van der Waals surface area (Å²) < 4.78 is 1.83. The van der Waals surface area contributed by atoms with Gasteiger partial charge in [-0.1, -0.05) is 64.1 Å². The van der Waals surface area contributed by atoms with Gasteiger partial charge in [-0.25, -0.2) is 0 Å². The van der Waals surface area contributed by atoms with Crippen molar-refractivity contribution in [2.75, 3.05) is 18.0 Å². The molecule has 3 N–H and O–H groups in total. The highest BCUT2D eigenvalue weighted by Crippen LogP contribution is 2.49. The molecule has 6 nitrogen and oxygen atoms in total. The Balaban J connectivity index is 1.59. The summed E-state index contributed by atoms with van der Waals surface area (Å²) in [6, 6.07) is 17.8. The smallest absolute Gasteiger partial charge is 0.197 e. The quantitative estimate of drug-likeness (QED) is 0.282. The molecule has 0 saturated heterocycles. The third-order valence-electron chi connectivity index (χ3n) is 6.75. The maximum absolute atomic E-state index is 13.5. The average Bonchev–Trinajstić information content (AvgIpc) is 3.14.